The van der Waals surface area contributed by atoms with Gasteiger partial charge in [-0.1, -0.05) is 0 Å². The topological polar surface area (TPSA) is 37.5 Å². The van der Waals surface area contributed by atoms with Gasteiger partial charge < -0.3 is 27.0 Å². The molecule has 1 atom stereocenters. The number of hydrogen-bond acceptors (Lipinski definition) is 3. The van der Waals surface area contributed by atoms with Gasteiger partial charge in [0, 0.05) is 0 Å². The van der Waals surface area contributed by atoms with E-state index in [4.69, 9.17) is 4.99 Å². The Morgan fingerprint density at radius 1 is 0.698 bits per heavy atom. The van der Waals surface area contributed by atoms with Crippen molar-refractivity contribution in [3.63, 3.8) is 0 Å². The van der Waals surface area contributed by atoms with Crippen molar-refractivity contribution in [2.75, 3.05) is 0 Å². The van der Waals surface area contributed by atoms with Crippen LogP contribution in [-0.4, -0.2) is 32.8 Å². The number of aliphatic imine (C=N–C) groups is 1. The Bertz CT molecular complexity index is 1830. The molecule has 0 unspecified atom stereocenters. The number of H-pyrrole nitrogens is 1. The van der Waals surface area contributed by atoms with Crippen molar-refractivity contribution < 1.29 is 0 Å². The van der Waals surface area contributed by atoms with E-state index < -0.39 is 0 Å². The number of hydrogen-bond donors (Lipinski definition) is 1. The summed E-state index contributed by atoms with van der Waals surface area (Å²) in [5.74, 6) is 0. The van der Waals surface area contributed by atoms with Crippen molar-refractivity contribution in [3.8, 4) is 0 Å². The molecule has 0 fully saturated rings. The zero-order chi connectivity index (χ0) is 29.0. The minimum atomic E-state index is -0.143. The Morgan fingerprint density at radius 3 is 1.91 bits per heavy atom. The van der Waals surface area contributed by atoms with E-state index >= 15 is 0 Å². The molecule has 0 radical (unpaired) electrons. The Morgan fingerprint density at radius 2 is 1.33 bits per heavy atom. The molecule has 0 aliphatic carbocycles. The van der Waals surface area contributed by atoms with Crippen LogP contribution in [0.25, 0.3) is 29.3 Å². The van der Waals surface area contributed by atoms with Crippen LogP contribution < -0.4 is 10.7 Å². The molecule has 0 spiro atoms. The van der Waals surface area contributed by atoms with Crippen LogP contribution in [0.3, 0.4) is 0 Å². The Labute approximate surface area is 278 Å². The molecule has 6 bridgehead atoms. The van der Waals surface area contributed by atoms with Crippen LogP contribution in [0, 0.1) is 0 Å². The van der Waals surface area contributed by atoms with Crippen molar-refractivity contribution in [1.82, 2.24) is 11.9 Å². The van der Waals surface area contributed by atoms with Gasteiger partial charge in [-0.3, -0.25) is 0 Å². The molecule has 7 heteroatoms. The fourth-order valence-corrected chi connectivity index (χ4v) is 9.78. The molecule has 0 aromatic carbocycles. The van der Waals surface area contributed by atoms with Crippen molar-refractivity contribution in [1.29, 1.82) is 0 Å². The number of aromatic nitrogens is 3. The van der Waals surface area contributed by atoms with Crippen LogP contribution in [0.4, 0.5) is 0 Å². The van der Waals surface area contributed by atoms with Gasteiger partial charge in [0.2, 0.25) is 0 Å². The molecular weight excluding hydrogens is 580 g/mol. The molecular formula is C36H48AlN4S2-. The number of rotatable bonds is 8. The van der Waals surface area contributed by atoms with E-state index in [0.717, 1.165) is 57.1 Å². The maximum absolute atomic E-state index is 5.39. The predicted octanol–water partition coefficient (Wildman–Crippen LogP) is 6.71. The maximum atomic E-state index is 5.39. The average Bonchev–Trinajstić information content (AvgIpc) is 3.68. The second-order valence-corrected chi connectivity index (χ2v) is 12.9. The van der Waals surface area contributed by atoms with Crippen LogP contribution in [0.2, 0.25) is 0 Å². The predicted molar refractivity (Wildman–Crippen MR) is 195 cm³/mol. The molecule has 43 heavy (non-hydrogen) atoms. The third-order valence-corrected chi connectivity index (χ3v) is 11.5. The van der Waals surface area contributed by atoms with E-state index in [0.29, 0.717) is 6.04 Å². The second kappa shape index (κ2) is 13.5. The Hall–Kier alpha value is -2.04. The van der Waals surface area contributed by atoms with Gasteiger partial charge in [0.15, 0.2) is 0 Å². The maximum Gasteiger partial charge on any atom is -0.813 e. The summed E-state index contributed by atoms with van der Waals surface area (Å²) in [5.41, 5.74) is 18.6. The Balaban J connectivity index is 0.00000212. The molecule has 228 valence electrons. The minimum Gasteiger partial charge on any atom is -0.813 e. The summed E-state index contributed by atoms with van der Waals surface area (Å²) in [5, 5.41) is 2.56. The van der Waals surface area contributed by atoms with Crippen LogP contribution in [0.5, 0.6) is 0 Å². The van der Waals surface area contributed by atoms with E-state index in [1.807, 2.05) is 0 Å². The monoisotopic (exact) mass is 627 g/mol. The molecule has 3 aliphatic heterocycles. The van der Waals surface area contributed by atoms with Crippen molar-refractivity contribution in [2.24, 2.45) is 4.99 Å². The first-order valence-corrected chi connectivity index (χ1v) is 17.3. The number of allylic oxidation sites excluding steroid dienone is 4. The molecule has 6 rings (SSSR count). The van der Waals surface area contributed by atoms with E-state index in [9.17, 15) is 0 Å². The largest absolute Gasteiger partial charge is 0.813 e. The summed E-state index contributed by atoms with van der Waals surface area (Å²) in [4.78, 5) is 9.33. The van der Waals surface area contributed by atoms with Gasteiger partial charge >= 0.3 is 253 Å². The number of fused-ring (bicyclic) bond motifs is 3. The molecule has 3 aromatic rings. The van der Waals surface area contributed by atoms with Gasteiger partial charge in [0.25, 0.3) is 0 Å². The minimum absolute atomic E-state index is 0. The number of aromatic amines is 1. The normalized spacial score (nSPS) is 19.7. The van der Waals surface area contributed by atoms with E-state index in [-0.39, 0.29) is 42.2 Å². The molecule has 3 aromatic heterocycles. The van der Waals surface area contributed by atoms with Crippen LogP contribution in [-0.2, 0) is 52.7 Å². The zero-order valence-electron chi connectivity index (χ0n) is 27.4. The van der Waals surface area contributed by atoms with Crippen molar-refractivity contribution in [2.45, 2.75) is 113 Å². The van der Waals surface area contributed by atoms with E-state index in [1.165, 1.54) is 66.7 Å². The molecule has 0 saturated heterocycles. The fraction of sp³-hybridized carbons (Fsp3) is 0.472. The first kappa shape index (κ1) is 33.8. The summed E-state index contributed by atoms with van der Waals surface area (Å²) in [7, 11) is 0. The van der Waals surface area contributed by atoms with Gasteiger partial charge in [-0.25, -0.2) is 0 Å². The third-order valence-electron chi connectivity index (χ3n) is 9.89. The third kappa shape index (κ3) is 5.13. The summed E-state index contributed by atoms with van der Waals surface area (Å²) in [6.07, 6.45) is 15.7. The van der Waals surface area contributed by atoms with Crippen LogP contribution in [0.15, 0.2) is 33.5 Å². The molecule has 0 saturated carbocycles. The number of nitrogens with one attached hydrogen (secondary N) is 1. The Kier molecular flexibility index (Phi) is 10.6. The fourth-order valence-electron chi connectivity index (χ4n) is 8.05. The van der Waals surface area contributed by atoms with Crippen molar-refractivity contribution >= 4 is 77.2 Å². The summed E-state index contributed by atoms with van der Waals surface area (Å²) < 4.78 is 5.46. The molecule has 3 aliphatic rings. The summed E-state index contributed by atoms with van der Waals surface area (Å²) >= 11 is -0.143. The van der Waals surface area contributed by atoms with Crippen LogP contribution >= 0.6 is 0 Å². The summed E-state index contributed by atoms with van der Waals surface area (Å²) in [6.45, 7) is 18.6. The van der Waals surface area contributed by atoms with Gasteiger partial charge in [0.1, 0.15) is 0 Å². The molecule has 0 amide bonds. The number of thiol groups is 2. The standard InChI is InChI=1S/C36H46N4.Al.2H2S/c1-9-21-22(10-2)30-18-32-25(13-5)26(14-6)34(39-32)20-36-28(16-8)27(15-7)35(40-36)19-33-24(12-4)23(11-3)31(38-33)17-29(21)37-30;;;/h17-20,29,38H,9-16H2,1-8H3;;2*1H2/q-2;+3;;/p-2/b30-18?,31-17-,33-19-,36-20-;;;/t29-;;;/m0.../s1. The SMILES string of the molecule is CCC1=C(CC)/C2=C/c3c(CC)c(CC)c4cc5[n]([Al+][n]34)[C@@H](/C=c3\[nH]/c(c(CC)c3CC)=C\C1=N2)C(CC)=C5CC.[SH-].[SH-]. The first-order chi connectivity index (χ1) is 20.0. The van der Waals surface area contributed by atoms with Crippen LogP contribution in [0.1, 0.15) is 121 Å². The van der Waals surface area contributed by atoms with E-state index in [2.05, 4.69) is 91.6 Å². The van der Waals surface area contributed by atoms with Gasteiger partial charge in [-0.15, -0.1) is 0 Å². The quantitative estimate of drug-likeness (QED) is 0.171. The molecule has 6 heterocycles. The second-order valence-electron chi connectivity index (χ2n) is 11.6. The van der Waals surface area contributed by atoms with Gasteiger partial charge in [0.05, 0.1) is 0 Å². The van der Waals surface area contributed by atoms with E-state index in [1.54, 1.807) is 11.1 Å². The van der Waals surface area contributed by atoms with Gasteiger partial charge in [-0.05, 0) is 0 Å². The molecule has 1 N–H and O–H groups in total. The number of nitrogens with zero attached hydrogens (tertiary/aromatic N) is 3. The van der Waals surface area contributed by atoms with Gasteiger partial charge in [-0.2, -0.15) is 0 Å². The molecule has 4 nitrogen and oxygen atoms in total. The summed E-state index contributed by atoms with van der Waals surface area (Å²) in [6, 6.07) is 2.85. The smallest absolute Gasteiger partial charge is 0.813 e. The average molecular weight is 628 g/mol. The first-order valence-electron chi connectivity index (χ1n) is 16.3. The van der Waals surface area contributed by atoms with Crippen molar-refractivity contribution in [3.05, 3.63) is 72.8 Å². The number of aryl methyl sites for hydroxylation is 1. The zero-order valence-corrected chi connectivity index (χ0v) is 30.3.